The molecule has 0 atom stereocenters. The molecule has 0 saturated heterocycles. The van der Waals surface area contributed by atoms with Crippen LogP contribution in [-0.4, -0.2) is 19.0 Å². The van der Waals surface area contributed by atoms with Crippen LogP contribution >= 0.6 is 0 Å². The summed E-state index contributed by atoms with van der Waals surface area (Å²) in [6.07, 6.45) is 0. The van der Waals surface area contributed by atoms with Gasteiger partial charge in [0.25, 0.3) is 0 Å². The molecule has 3 heteroatoms. The van der Waals surface area contributed by atoms with E-state index in [1.165, 1.54) is 0 Å². The molecule has 0 unspecified atom stereocenters. The predicted molar refractivity (Wildman–Crippen MR) is 62.1 cm³/mol. The first kappa shape index (κ1) is 10.0. The second-order valence-corrected chi connectivity index (χ2v) is 4.27. The highest BCUT2D eigenvalue weighted by molar-refractivity contribution is 6.02. The lowest BCUT2D eigenvalue weighted by Crippen LogP contribution is -2.41. The Balaban J connectivity index is 2.33. The van der Waals surface area contributed by atoms with Crippen LogP contribution in [0.3, 0.4) is 0 Å². The van der Waals surface area contributed by atoms with E-state index in [9.17, 15) is 4.79 Å². The Morgan fingerprint density at radius 1 is 1.40 bits per heavy atom. The van der Waals surface area contributed by atoms with Gasteiger partial charge in [0.2, 0.25) is 5.91 Å². The van der Waals surface area contributed by atoms with E-state index in [1.54, 1.807) is 0 Å². The van der Waals surface area contributed by atoms with Crippen LogP contribution in [0.5, 0.6) is 0 Å². The molecular formula is C12H16N2O. The summed E-state index contributed by atoms with van der Waals surface area (Å²) in [7, 11) is 0. The van der Waals surface area contributed by atoms with Crippen LogP contribution < -0.4 is 10.2 Å². The second kappa shape index (κ2) is 3.93. The molecule has 0 saturated carbocycles. The van der Waals surface area contributed by atoms with Crippen molar-refractivity contribution in [3.63, 3.8) is 0 Å². The number of amides is 1. The lowest BCUT2D eigenvalue weighted by molar-refractivity contribution is -0.117. The largest absolute Gasteiger partial charge is 0.374 e. The van der Waals surface area contributed by atoms with Gasteiger partial charge in [-0.25, -0.2) is 0 Å². The molecule has 1 aliphatic heterocycles. The topological polar surface area (TPSA) is 32.3 Å². The van der Waals surface area contributed by atoms with Crippen LogP contribution in [0, 0.1) is 5.92 Å². The molecule has 0 aromatic heterocycles. The first-order valence-electron chi connectivity index (χ1n) is 5.31. The minimum absolute atomic E-state index is 0.155. The summed E-state index contributed by atoms with van der Waals surface area (Å²) in [5, 5.41) is 3.12. The van der Waals surface area contributed by atoms with Crippen molar-refractivity contribution >= 4 is 17.3 Å². The minimum Gasteiger partial charge on any atom is -0.374 e. The van der Waals surface area contributed by atoms with Gasteiger partial charge in [0.05, 0.1) is 17.9 Å². The number of nitrogens with zero attached hydrogens (tertiary/aromatic N) is 1. The van der Waals surface area contributed by atoms with Gasteiger partial charge in [-0.2, -0.15) is 0 Å². The zero-order chi connectivity index (χ0) is 10.8. The van der Waals surface area contributed by atoms with Gasteiger partial charge >= 0.3 is 0 Å². The highest BCUT2D eigenvalue weighted by Gasteiger charge is 2.23. The Bertz CT molecular complexity index is 374. The molecule has 15 heavy (non-hydrogen) atoms. The van der Waals surface area contributed by atoms with Crippen molar-refractivity contribution in [3.8, 4) is 0 Å². The third kappa shape index (κ3) is 1.96. The Morgan fingerprint density at radius 3 is 2.87 bits per heavy atom. The van der Waals surface area contributed by atoms with Crippen molar-refractivity contribution in [3.05, 3.63) is 24.3 Å². The smallest absolute Gasteiger partial charge is 0.246 e. The van der Waals surface area contributed by atoms with Crippen LogP contribution in [0.4, 0.5) is 11.4 Å². The van der Waals surface area contributed by atoms with Crippen molar-refractivity contribution < 1.29 is 4.79 Å². The van der Waals surface area contributed by atoms with E-state index in [0.717, 1.165) is 17.9 Å². The Morgan fingerprint density at radius 2 is 2.13 bits per heavy atom. The van der Waals surface area contributed by atoms with E-state index in [-0.39, 0.29) is 5.91 Å². The second-order valence-electron chi connectivity index (χ2n) is 4.27. The van der Waals surface area contributed by atoms with Gasteiger partial charge in [-0.15, -0.1) is 0 Å². The van der Waals surface area contributed by atoms with E-state index in [4.69, 9.17) is 0 Å². The van der Waals surface area contributed by atoms with Crippen molar-refractivity contribution in [1.29, 1.82) is 0 Å². The maximum absolute atomic E-state index is 11.8. The molecule has 0 spiro atoms. The number of carbonyl (C=O) groups is 1. The summed E-state index contributed by atoms with van der Waals surface area (Å²) in [5.41, 5.74) is 2.06. The zero-order valence-electron chi connectivity index (χ0n) is 9.16. The van der Waals surface area contributed by atoms with Gasteiger partial charge in [-0.05, 0) is 18.1 Å². The minimum atomic E-state index is 0.155. The van der Waals surface area contributed by atoms with Crippen LogP contribution in [0.15, 0.2) is 24.3 Å². The van der Waals surface area contributed by atoms with E-state index in [0.29, 0.717) is 12.5 Å². The Labute approximate surface area is 90.1 Å². The van der Waals surface area contributed by atoms with E-state index in [2.05, 4.69) is 19.2 Å². The summed E-state index contributed by atoms with van der Waals surface area (Å²) < 4.78 is 0. The molecule has 0 bridgehead atoms. The summed E-state index contributed by atoms with van der Waals surface area (Å²) >= 11 is 0. The van der Waals surface area contributed by atoms with Crippen molar-refractivity contribution in [1.82, 2.24) is 0 Å². The van der Waals surface area contributed by atoms with Crippen LogP contribution in [0.1, 0.15) is 13.8 Å². The first-order valence-corrected chi connectivity index (χ1v) is 5.31. The van der Waals surface area contributed by atoms with Gasteiger partial charge in [-0.1, -0.05) is 26.0 Å². The monoisotopic (exact) mass is 204 g/mol. The van der Waals surface area contributed by atoms with Gasteiger partial charge < -0.3 is 10.2 Å². The molecule has 1 heterocycles. The molecule has 2 rings (SSSR count). The lowest BCUT2D eigenvalue weighted by Gasteiger charge is -2.31. The van der Waals surface area contributed by atoms with Crippen LogP contribution in [0.25, 0.3) is 0 Å². The first-order chi connectivity index (χ1) is 7.18. The third-order valence-corrected chi connectivity index (χ3v) is 2.47. The number of fused-ring (bicyclic) bond motifs is 1. The average molecular weight is 204 g/mol. The van der Waals surface area contributed by atoms with E-state index < -0.39 is 0 Å². The van der Waals surface area contributed by atoms with Crippen molar-refractivity contribution in [2.24, 2.45) is 5.92 Å². The molecule has 1 N–H and O–H groups in total. The Hall–Kier alpha value is -1.51. The fourth-order valence-electron chi connectivity index (χ4n) is 1.82. The molecule has 0 fully saturated rings. The van der Waals surface area contributed by atoms with E-state index >= 15 is 0 Å². The highest BCUT2D eigenvalue weighted by atomic mass is 16.2. The number of carbonyl (C=O) groups excluding carboxylic acids is 1. The summed E-state index contributed by atoms with van der Waals surface area (Å²) in [6.45, 7) is 5.44. The predicted octanol–water partition coefficient (Wildman–Crippen LogP) is 2.10. The normalized spacial score (nSPS) is 15.1. The average Bonchev–Trinajstić information content (AvgIpc) is 2.22. The van der Waals surface area contributed by atoms with E-state index in [1.807, 2.05) is 29.2 Å². The molecule has 80 valence electrons. The van der Waals surface area contributed by atoms with Gasteiger partial charge in [0.1, 0.15) is 0 Å². The van der Waals surface area contributed by atoms with Crippen LogP contribution in [0.2, 0.25) is 0 Å². The molecule has 1 aromatic carbocycles. The van der Waals surface area contributed by atoms with Crippen LogP contribution in [-0.2, 0) is 4.79 Å². The third-order valence-electron chi connectivity index (χ3n) is 2.47. The molecule has 0 aliphatic carbocycles. The number of nitrogens with one attached hydrogen (secondary N) is 1. The summed E-state index contributed by atoms with van der Waals surface area (Å²) in [6, 6.07) is 7.94. The molecule has 1 aromatic rings. The van der Waals surface area contributed by atoms with Gasteiger partial charge in [-0.3, -0.25) is 4.79 Å². The molecule has 1 aliphatic rings. The number of rotatable bonds is 2. The number of hydrogen-bond acceptors (Lipinski definition) is 2. The maximum Gasteiger partial charge on any atom is 0.246 e. The summed E-state index contributed by atoms with van der Waals surface area (Å²) in [4.78, 5) is 13.6. The molecule has 1 amide bonds. The molecular weight excluding hydrogens is 188 g/mol. The highest BCUT2D eigenvalue weighted by Crippen LogP contribution is 2.29. The maximum atomic E-state index is 11.8. The SMILES string of the molecule is CC(C)CN1C(=O)CNc2ccccc21. The quantitative estimate of drug-likeness (QED) is 0.800. The lowest BCUT2D eigenvalue weighted by atomic mass is 10.1. The zero-order valence-corrected chi connectivity index (χ0v) is 9.16. The van der Waals surface area contributed by atoms with Crippen molar-refractivity contribution in [2.45, 2.75) is 13.8 Å². The fraction of sp³-hybridized carbons (Fsp3) is 0.417. The number of anilines is 2. The number of para-hydroxylation sites is 2. The summed E-state index contributed by atoms with van der Waals surface area (Å²) in [5.74, 6) is 0.641. The van der Waals surface area contributed by atoms with Gasteiger partial charge in [0, 0.05) is 6.54 Å². The molecule has 0 radical (unpaired) electrons. The Kier molecular flexibility index (Phi) is 2.62. The number of benzene rings is 1. The van der Waals surface area contributed by atoms with Gasteiger partial charge in [0.15, 0.2) is 0 Å². The standard InChI is InChI=1S/C12H16N2O/c1-9(2)8-14-11-6-4-3-5-10(11)13-7-12(14)15/h3-6,9,13H,7-8H2,1-2H3. The fourth-order valence-corrected chi connectivity index (χ4v) is 1.82. The molecule has 3 nitrogen and oxygen atoms in total. The number of hydrogen-bond donors (Lipinski definition) is 1. The van der Waals surface area contributed by atoms with Crippen molar-refractivity contribution in [2.75, 3.05) is 23.3 Å².